The van der Waals surface area contributed by atoms with E-state index < -0.39 is 0 Å². The lowest BCUT2D eigenvalue weighted by atomic mass is 10.3. The fourth-order valence-electron chi connectivity index (χ4n) is 1.68. The average molecular weight is 311 g/mol. The molecule has 2 N–H and O–H groups in total. The Hall–Kier alpha value is -1.56. The summed E-state index contributed by atoms with van der Waals surface area (Å²) in [4.78, 5) is 4.20. The predicted octanol–water partition coefficient (Wildman–Crippen LogP) is 3.88. The second kappa shape index (κ2) is 4.85. The molecular formula is C12H8Cl2N4S. The van der Waals surface area contributed by atoms with Gasteiger partial charge in [0, 0.05) is 16.6 Å². The van der Waals surface area contributed by atoms with E-state index in [2.05, 4.69) is 10.1 Å². The van der Waals surface area contributed by atoms with Crippen molar-refractivity contribution in [3.05, 3.63) is 46.0 Å². The van der Waals surface area contributed by atoms with Gasteiger partial charge in [0.15, 0.2) is 0 Å². The monoisotopic (exact) mass is 310 g/mol. The van der Waals surface area contributed by atoms with Gasteiger partial charge in [0.05, 0.1) is 22.6 Å². The molecule has 0 aliphatic heterocycles. The average Bonchev–Trinajstić information content (AvgIpc) is 2.98. The van der Waals surface area contributed by atoms with Gasteiger partial charge in [-0.25, -0.2) is 9.67 Å². The summed E-state index contributed by atoms with van der Waals surface area (Å²) in [6, 6.07) is 5.21. The van der Waals surface area contributed by atoms with Crippen LogP contribution in [0.1, 0.15) is 0 Å². The molecule has 0 fully saturated rings. The SMILES string of the molecule is Nc1cn(-c2ccc(Cl)cc2Cl)nc1-c1nccs1. The summed E-state index contributed by atoms with van der Waals surface area (Å²) in [5.41, 5.74) is 7.90. The Morgan fingerprint density at radius 1 is 1.26 bits per heavy atom. The molecule has 0 aliphatic carbocycles. The number of hydrogen-bond acceptors (Lipinski definition) is 4. The summed E-state index contributed by atoms with van der Waals surface area (Å²) in [5, 5.41) is 8.17. The van der Waals surface area contributed by atoms with E-state index in [1.807, 2.05) is 5.38 Å². The molecule has 0 spiro atoms. The summed E-state index contributed by atoms with van der Waals surface area (Å²) >= 11 is 13.5. The Balaban J connectivity index is 2.10. The lowest BCUT2D eigenvalue weighted by Gasteiger charge is -2.03. The summed E-state index contributed by atoms with van der Waals surface area (Å²) in [7, 11) is 0. The van der Waals surface area contributed by atoms with Crippen LogP contribution in [-0.4, -0.2) is 14.8 Å². The first kappa shape index (κ1) is 12.5. The Kier molecular flexibility index (Phi) is 3.18. The standard InChI is InChI=1S/C12H8Cl2N4S/c13-7-1-2-10(8(14)5-7)18-6-9(15)11(17-18)12-16-3-4-19-12/h1-6H,15H2. The molecule has 0 unspecified atom stereocenters. The number of aromatic nitrogens is 3. The van der Waals surface area contributed by atoms with Crippen molar-refractivity contribution in [2.45, 2.75) is 0 Å². The topological polar surface area (TPSA) is 56.7 Å². The smallest absolute Gasteiger partial charge is 0.145 e. The maximum absolute atomic E-state index is 6.15. The molecular weight excluding hydrogens is 303 g/mol. The molecule has 0 amide bonds. The van der Waals surface area contributed by atoms with Gasteiger partial charge in [0.1, 0.15) is 10.7 Å². The summed E-state index contributed by atoms with van der Waals surface area (Å²) < 4.78 is 1.63. The fourth-order valence-corrected chi connectivity index (χ4v) is 2.82. The van der Waals surface area contributed by atoms with Crippen LogP contribution in [0.4, 0.5) is 5.69 Å². The van der Waals surface area contributed by atoms with E-state index >= 15 is 0 Å². The van der Waals surface area contributed by atoms with E-state index in [1.54, 1.807) is 35.3 Å². The van der Waals surface area contributed by atoms with Crippen LogP contribution in [0.25, 0.3) is 16.4 Å². The van der Waals surface area contributed by atoms with Crippen LogP contribution >= 0.6 is 34.5 Å². The van der Waals surface area contributed by atoms with Crippen molar-refractivity contribution in [1.29, 1.82) is 0 Å². The third-order valence-electron chi connectivity index (χ3n) is 2.53. The van der Waals surface area contributed by atoms with E-state index in [1.165, 1.54) is 11.3 Å². The maximum atomic E-state index is 6.15. The number of nitrogens with two attached hydrogens (primary N) is 1. The molecule has 1 aromatic carbocycles. The predicted molar refractivity (Wildman–Crippen MR) is 79.1 cm³/mol. The summed E-state index contributed by atoms with van der Waals surface area (Å²) in [6.07, 6.45) is 3.43. The Morgan fingerprint density at radius 2 is 2.11 bits per heavy atom. The van der Waals surface area contributed by atoms with E-state index in [0.717, 1.165) is 10.7 Å². The van der Waals surface area contributed by atoms with Crippen LogP contribution in [-0.2, 0) is 0 Å². The first-order valence-electron chi connectivity index (χ1n) is 5.35. The second-order valence-corrected chi connectivity index (χ2v) is 5.55. The van der Waals surface area contributed by atoms with Crippen LogP contribution in [0.3, 0.4) is 0 Å². The highest BCUT2D eigenvalue weighted by Gasteiger charge is 2.13. The molecule has 0 atom stereocenters. The number of rotatable bonds is 2. The number of nitrogens with zero attached hydrogens (tertiary/aromatic N) is 3. The van der Waals surface area contributed by atoms with Crippen molar-refractivity contribution in [3.63, 3.8) is 0 Å². The van der Waals surface area contributed by atoms with Crippen LogP contribution in [0.15, 0.2) is 36.0 Å². The lowest BCUT2D eigenvalue weighted by Crippen LogP contribution is -1.95. The quantitative estimate of drug-likeness (QED) is 0.781. The van der Waals surface area contributed by atoms with Crippen molar-refractivity contribution < 1.29 is 0 Å². The third kappa shape index (κ3) is 2.32. The van der Waals surface area contributed by atoms with Gasteiger partial charge in [-0.15, -0.1) is 11.3 Å². The number of thiazole rings is 1. The zero-order valence-corrected chi connectivity index (χ0v) is 11.9. The molecule has 0 radical (unpaired) electrons. The van der Waals surface area contributed by atoms with E-state index in [0.29, 0.717) is 21.4 Å². The van der Waals surface area contributed by atoms with Gasteiger partial charge >= 0.3 is 0 Å². The molecule has 0 bridgehead atoms. The number of halogens is 2. The van der Waals surface area contributed by atoms with E-state index in [9.17, 15) is 0 Å². The first-order valence-corrected chi connectivity index (χ1v) is 6.99. The van der Waals surface area contributed by atoms with Crippen molar-refractivity contribution in [2.75, 3.05) is 5.73 Å². The van der Waals surface area contributed by atoms with E-state index in [4.69, 9.17) is 28.9 Å². The van der Waals surface area contributed by atoms with Crippen molar-refractivity contribution in [1.82, 2.24) is 14.8 Å². The van der Waals surface area contributed by atoms with E-state index in [-0.39, 0.29) is 0 Å². The molecule has 3 aromatic rings. The minimum atomic E-state index is 0.515. The normalized spacial score (nSPS) is 10.8. The summed E-state index contributed by atoms with van der Waals surface area (Å²) in [5.74, 6) is 0. The Labute approximate surface area is 123 Å². The highest BCUT2D eigenvalue weighted by atomic mass is 35.5. The molecule has 0 saturated carbocycles. The highest BCUT2D eigenvalue weighted by molar-refractivity contribution is 7.13. The largest absolute Gasteiger partial charge is 0.396 e. The molecule has 3 rings (SSSR count). The van der Waals surface area contributed by atoms with Crippen LogP contribution in [0.2, 0.25) is 10.0 Å². The van der Waals surface area contributed by atoms with Gasteiger partial charge in [-0.3, -0.25) is 0 Å². The molecule has 19 heavy (non-hydrogen) atoms. The Morgan fingerprint density at radius 3 is 2.79 bits per heavy atom. The van der Waals surface area contributed by atoms with Gasteiger partial charge < -0.3 is 5.73 Å². The number of benzene rings is 1. The Bertz CT molecular complexity index is 721. The number of nitrogen functional groups attached to an aromatic ring is 1. The third-order valence-corrected chi connectivity index (χ3v) is 3.85. The van der Waals surface area contributed by atoms with Crippen LogP contribution < -0.4 is 5.73 Å². The minimum Gasteiger partial charge on any atom is -0.396 e. The molecule has 7 heteroatoms. The van der Waals surface area contributed by atoms with Crippen LogP contribution in [0.5, 0.6) is 0 Å². The molecule has 0 saturated heterocycles. The zero-order chi connectivity index (χ0) is 13.4. The second-order valence-electron chi connectivity index (χ2n) is 3.81. The van der Waals surface area contributed by atoms with Gasteiger partial charge in [0.25, 0.3) is 0 Å². The fraction of sp³-hybridized carbons (Fsp3) is 0. The molecule has 4 nitrogen and oxygen atoms in total. The van der Waals surface area contributed by atoms with Crippen LogP contribution in [0, 0.1) is 0 Å². The van der Waals surface area contributed by atoms with Gasteiger partial charge in [-0.1, -0.05) is 23.2 Å². The number of hydrogen-bond donors (Lipinski definition) is 1. The zero-order valence-electron chi connectivity index (χ0n) is 9.55. The van der Waals surface area contributed by atoms with Gasteiger partial charge in [-0.2, -0.15) is 5.10 Å². The first-order chi connectivity index (χ1) is 9.15. The highest BCUT2D eigenvalue weighted by Crippen LogP contribution is 2.29. The molecule has 2 heterocycles. The molecule has 0 aliphatic rings. The summed E-state index contributed by atoms with van der Waals surface area (Å²) in [6.45, 7) is 0. The van der Waals surface area contributed by atoms with Gasteiger partial charge in [-0.05, 0) is 18.2 Å². The number of anilines is 1. The minimum absolute atomic E-state index is 0.515. The van der Waals surface area contributed by atoms with Crippen molar-refractivity contribution >= 4 is 40.2 Å². The molecule has 2 aromatic heterocycles. The van der Waals surface area contributed by atoms with Gasteiger partial charge in [0.2, 0.25) is 0 Å². The maximum Gasteiger partial charge on any atom is 0.145 e. The van der Waals surface area contributed by atoms with Crippen molar-refractivity contribution in [2.24, 2.45) is 0 Å². The molecule has 96 valence electrons. The lowest BCUT2D eigenvalue weighted by molar-refractivity contribution is 0.884. The van der Waals surface area contributed by atoms with Crippen molar-refractivity contribution in [3.8, 4) is 16.4 Å².